The summed E-state index contributed by atoms with van der Waals surface area (Å²) in [6, 6.07) is 3.45. The van der Waals surface area contributed by atoms with Gasteiger partial charge in [0.15, 0.2) is 0 Å². The van der Waals surface area contributed by atoms with Gasteiger partial charge in [0.25, 0.3) is 5.95 Å². The normalized spacial score (nSPS) is 10.5. The first-order valence-corrected chi connectivity index (χ1v) is 4.50. The number of rotatable bonds is 1. The third kappa shape index (κ3) is 1.74. The molecular formula is C9H12N6. The predicted octanol–water partition coefficient (Wildman–Crippen LogP) is 0.444. The van der Waals surface area contributed by atoms with Crippen LogP contribution in [0.4, 0.5) is 11.6 Å². The third-order valence-electron chi connectivity index (χ3n) is 1.92. The zero-order valence-electron chi connectivity index (χ0n) is 8.60. The van der Waals surface area contributed by atoms with E-state index in [1.165, 1.54) is 4.68 Å². The van der Waals surface area contributed by atoms with E-state index in [0.717, 1.165) is 11.4 Å². The molecule has 0 fully saturated rings. The van der Waals surface area contributed by atoms with Crippen molar-refractivity contribution in [1.82, 2.24) is 19.7 Å². The van der Waals surface area contributed by atoms with Gasteiger partial charge in [0.1, 0.15) is 11.6 Å². The van der Waals surface area contributed by atoms with Crippen molar-refractivity contribution in [2.75, 3.05) is 11.5 Å². The number of hydrogen-bond acceptors (Lipinski definition) is 5. The van der Waals surface area contributed by atoms with E-state index in [0.29, 0.717) is 17.6 Å². The summed E-state index contributed by atoms with van der Waals surface area (Å²) >= 11 is 0. The summed E-state index contributed by atoms with van der Waals surface area (Å²) in [5.74, 6) is 1.23. The quantitative estimate of drug-likeness (QED) is 0.702. The molecule has 0 radical (unpaired) electrons. The first kappa shape index (κ1) is 9.45. The Morgan fingerprint density at radius 1 is 1.07 bits per heavy atom. The Labute approximate surface area is 86.9 Å². The minimum atomic E-state index is 0.357. The van der Waals surface area contributed by atoms with Gasteiger partial charge in [-0.2, -0.15) is 4.68 Å². The topological polar surface area (TPSA) is 95.6 Å². The first-order chi connectivity index (χ1) is 7.06. The fourth-order valence-corrected chi connectivity index (χ4v) is 1.38. The number of nitrogen functional groups attached to an aromatic ring is 2. The van der Waals surface area contributed by atoms with Crippen LogP contribution in [0.25, 0.3) is 5.95 Å². The molecule has 6 heteroatoms. The summed E-state index contributed by atoms with van der Waals surface area (Å²) in [4.78, 5) is 8.46. The van der Waals surface area contributed by atoms with Crippen LogP contribution in [0.15, 0.2) is 12.1 Å². The first-order valence-electron chi connectivity index (χ1n) is 4.50. The van der Waals surface area contributed by atoms with Crippen molar-refractivity contribution in [2.45, 2.75) is 13.8 Å². The standard InChI is InChI=1S/C9H12N6/c1-5-3-6(2)13-9(12-5)15-8(11)4-7(10)14-15/h3-4H,11H2,1-2H3,(H2,10,14). The molecule has 0 unspecified atom stereocenters. The highest BCUT2D eigenvalue weighted by molar-refractivity contribution is 5.45. The van der Waals surface area contributed by atoms with E-state index in [9.17, 15) is 0 Å². The lowest BCUT2D eigenvalue weighted by atomic mass is 10.4. The van der Waals surface area contributed by atoms with E-state index < -0.39 is 0 Å². The van der Waals surface area contributed by atoms with Gasteiger partial charge >= 0.3 is 0 Å². The molecule has 0 aromatic carbocycles. The van der Waals surface area contributed by atoms with Crippen LogP contribution in [-0.4, -0.2) is 19.7 Å². The molecule has 0 saturated heterocycles. The van der Waals surface area contributed by atoms with Crippen LogP contribution >= 0.6 is 0 Å². The molecule has 0 atom stereocenters. The van der Waals surface area contributed by atoms with Gasteiger partial charge in [-0.15, -0.1) is 5.10 Å². The molecule has 0 spiro atoms. The van der Waals surface area contributed by atoms with Crippen molar-refractivity contribution in [2.24, 2.45) is 0 Å². The van der Waals surface area contributed by atoms with E-state index in [1.54, 1.807) is 6.07 Å². The van der Waals surface area contributed by atoms with Crippen LogP contribution in [0.2, 0.25) is 0 Å². The van der Waals surface area contributed by atoms with Crippen LogP contribution in [0.3, 0.4) is 0 Å². The summed E-state index contributed by atoms with van der Waals surface area (Å²) < 4.78 is 1.43. The second-order valence-electron chi connectivity index (χ2n) is 3.36. The van der Waals surface area contributed by atoms with Gasteiger partial charge in [0, 0.05) is 17.5 Å². The van der Waals surface area contributed by atoms with Crippen LogP contribution in [0.5, 0.6) is 0 Å². The molecule has 2 rings (SSSR count). The van der Waals surface area contributed by atoms with Gasteiger partial charge in [0.2, 0.25) is 0 Å². The second-order valence-corrected chi connectivity index (χ2v) is 3.36. The van der Waals surface area contributed by atoms with E-state index in [-0.39, 0.29) is 0 Å². The van der Waals surface area contributed by atoms with E-state index in [4.69, 9.17) is 11.5 Å². The van der Waals surface area contributed by atoms with Crippen molar-refractivity contribution >= 4 is 11.6 Å². The average Bonchev–Trinajstić information content (AvgIpc) is 2.43. The summed E-state index contributed by atoms with van der Waals surface area (Å²) in [5, 5.41) is 4.01. The average molecular weight is 204 g/mol. The zero-order valence-corrected chi connectivity index (χ0v) is 8.60. The second kappa shape index (κ2) is 3.23. The summed E-state index contributed by atoms with van der Waals surface area (Å²) in [5.41, 5.74) is 13.0. The number of nitrogens with zero attached hydrogens (tertiary/aromatic N) is 4. The van der Waals surface area contributed by atoms with E-state index in [2.05, 4.69) is 15.1 Å². The van der Waals surface area contributed by atoms with Gasteiger partial charge in [-0.05, 0) is 19.9 Å². The molecular weight excluding hydrogens is 192 g/mol. The monoisotopic (exact) mass is 204 g/mol. The van der Waals surface area contributed by atoms with Gasteiger partial charge < -0.3 is 11.5 Å². The largest absolute Gasteiger partial charge is 0.383 e. The lowest BCUT2D eigenvalue weighted by Crippen LogP contribution is -2.08. The summed E-state index contributed by atoms with van der Waals surface area (Å²) in [7, 11) is 0. The molecule has 2 aromatic heterocycles. The Kier molecular flexibility index (Phi) is 2.03. The third-order valence-corrected chi connectivity index (χ3v) is 1.92. The molecule has 0 saturated carbocycles. The minimum absolute atomic E-state index is 0.357. The molecule has 2 heterocycles. The molecule has 0 aliphatic heterocycles. The van der Waals surface area contributed by atoms with Crippen molar-refractivity contribution in [1.29, 1.82) is 0 Å². The van der Waals surface area contributed by atoms with Crippen LogP contribution in [0.1, 0.15) is 11.4 Å². The molecule has 0 bridgehead atoms. The zero-order chi connectivity index (χ0) is 11.0. The maximum atomic E-state index is 5.71. The fourth-order valence-electron chi connectivity index (χ4n) is 1.38. The number of aromatic nitrogens is 4. The molecule has 0 aliphatic carbocycles. The molecule has 15 heavy (non-hydrogen) atoms. The number of anilines is 2. The van der Waals surface area contributed by atoms with Crippen molar-refractivity contribution in [3.05, 3.63) is 23.5 Å². The van der Waals surface area contributed by atoms with Gasteiger partial charge in [0.05, 0.1) is 0 Å². The van der Waals surface area contributed by atoms with Gasteiger partial charge in [-0.1, -0.05) is 0 Å². The van der Waals surface area contributed by atoms with E-state index >= 15 is 0 Å². The maximum Gasteiger partial charge on any atom is 0.252 e. The lowest BCUT2D eigenvalue weighted by Gasteiger charge is -2.03. The molecule has 0 amide bonds. The van der Waals surface area contributed by atoms with Crippen LogP contribution in [-0.2, 0) is 0 Å². The lowest BCUT2D eigenvalue weighted by molar-refractivity contribution is 0.806. The Bertz CT molecular complexity index is 481. The smallest absolute Gasteiger partial charge is 0.252 e. The fraction of sp³-hybridized carbons (Fsp3) is 0.222. The molecule has 78 valence electrons. The highest BCUT2D eigenvalue weighted by atomic mass is 15.4. The summed E-state index contributed by atoms with van der Waals surface area (Å²) in [6.07, 6.45) is 0. The Balaban J connectivity index is 2.58. The number of nitrogens with two attached hydrogens (primary N) is 2. The number of hydrogen-bond donors (Lipinski definition) is 2. The maximum absolute atomic E-state index is 5.71. The Morgan fingerprint density at radius 3 is 2.13 bits per heavy atom. The number of aryl methyl sites for hydroxylation is 2. The molecule has 6 nitrogen and oxygen atoms in total. The van der Waals surface area contributed by atoms with Gasteiger partial charge in [-0.25, -0.2) is 9.97 Å². The predicted molar refractivity (Wildman–Crippen MR) is 57.5 cm³/mol. The van der Waals surface area contributed by atoms with Crippen LogP contribution in [0, 0.1) is 13.8 Å². The van der Waals surface area contributed by atoms with Gasteiger partial charge in [-0.3, -0.25) is 0 Å². The highest BCUT2D eigenvalue weighted by Crippen LogP contribution is 2.12. The Hall–Kier alpha value is -2.11. The van der Waals surface area contributed by atoms with Crippen molar-refractivity contribution in [3.63, 3.8) is 0 Å². The Morgan fingerprint density at radius 2 is 1.67 bits per heavy atom. The minimum Gasteiger partial charge on any atom is -0.383 e. The van der Waals surface area contributed by atoms with Crippen LogP contribution < -0.4 is 11.5 Å². The van der Waals surface area contributed by atoms with Crippen molar-refractivity contribution in [3.8, 4) is 5.95 Å². The molecule has 0 aliphatic rings. The summed E-state index contributed by atoms with van der Waals surface area (Å²) in [6.45, 7) is 3.78. The molecule has 2 aromatic rings. The van der Waals surface area contributed by atoms with Crippen molar-refractivity contribution < 1.29 is 0 Å². The highest BCUT2D eigenvalue weighted by Gasteiger charge is 2.08. The molecule has 4 N–H and O–H groups in total. The SMILES string of the molecule is Cc1cc(C)nc(-n2nc(N)cc2N)n1. The van der Waals surface area contributed by atoms with E-state index in [1.807, 2.05) is 19.9 Å².